The highest BCUT2D eigenvalue weighted by Gasteiger charge is 1.96. The number of ether oxygens (including phenoxy) is 1. The number of aliphatic hydroxyl groups is 1. The highest BCUT2D eigenvalue weighted by Crippen LogP contribution is 2.04. The lowest BCUT2D eigenvalue weighted by molar-refractivity contribution is 0.157. The SMILES string of the molecule is CC(O)CSCCCOC(N)=O. The number of amides is 1. The number of thioether (sulfide) groups is 1. The van der Waals surface area contributed by atoms with Crippen LogP contribution < -0.4 is 5.73 Å². The average molecular weight is 193 g/mol. The fraction of sp³-hybridized carbons (Fsp3) is 0.857. The van der Waals surface area contributed by atoms with Crippen LogP contribution in [0.4, 0.5) is 4.79 Å². The van der Waals surface area contributed by atoms with Crippen LogP contribution in [-0.4, -0.2) is 35.4 Å². The summed E-state index contributed by atoms with van der Waals surface area (Å²) in [6.45, 7) is 2.11. The number of aliphatic hydroxyl groups excluding tert-OH is 1. The largest absolute Gasteiger partial charge is 0.450 e. The van der Waals surface area contributed by atoms with Crippen molar-refractivity contribution in [3.05, 3.63) is 0 Å². The average Bonchev–Trinajstić information content (AvgIpc) is 1.95. The van der Waals surface area contributed by atoms with Crippen LogP contribution in [0.3, 0.4) is 0 Å². The minimum absolute atomic E-state index is 0.271. The Kier molecular flexibility index (Phi) is 6.99. The summed E-state index contributed by atoms with van der Waals surface area (Å²) in [6.07, 6.45) is -0.220. The zero-order valence-corrected chi connectivity index (χ0v) is 7.97. The fourth-order valence-corrected chi connectivity index (χ4v) is 1.42. The Morgan fingerprint density at radius 2 is 2.42 bits per heavy atom. The molecule has 0 radical (unpaired) electrons. The fourth-order valence-electron chi connectivity index (χ4n) is 0.588. The molecule has 4 nitrogen and oxygen atoms in total. The van der Waals surface area contributed by atoms with Crippen LogP contribution in [0, 0.1) is 0 Å². The molecule has 0 aliphatic heterocycles. The van der Waals surface area contributed by atoms with Crippen LogP contribution >= 0.6 is 11.8 Å². The van der Waals surface area contributed by atoms with Gasteiger partial charge in [0.15, 0.2) is 0 Å². The summed E-state index contributed by atoms with van der Waals surface area (Å²) in [7, 11) is 0. The number of carbonyl (C=O) groups is 1. The predicted octanol–water partition coefficient (Wildman–Crippen LogP) is 0.586. The van der Waals surface area contributed by atoms with Gasteiger partial charge in [0.25, 0.3) is 0 Å². The molecule has 0 saturated carbocycles. The summed E-state index contributed by atoms with van der Waals surface area (Å²) in [6, 6.07) is 0. The van der Waals surface area contributed by atoms with Gasteiger partial charge in [-0.2, -0.15) is 11.8 Å². The molecule has 0 saturated heterocycles. The molecule has 0 heterocycles. The van der Waals surface area contributed by atoms with Gasteiger partial charge in [-0.3, -0.25) is 0 Å². The summed E-state index contributed by atoms with van der Waals surface area (Å²) in [5.74, 6) is 1.59. The van der Waals surface area contributed by atoms with E-state index in [9.17, 15) is 4.79 Å². The number of hydrogen-bond acceptors (Lipinski definition) is 4. The molecular formula is C7H15NO3S. The van der Waals surface area contributed by atoms with E-state index >= 15 is 0 Å². The molecular weight excluding hydrogens is 178 g/mol. The van der Waals surface area contributed by atoms with Crippen LogP contribution in [-0.2, 0) is 4.74 Å². The van der Waals surface area contributed by atoms with Gasteiger partial charge < -0.3 is 15.6 Å². The second-order valence-electron chi connectivity index (χ2n) is 2.44. The van der Waals surface area contributed by atoms with Gasteiger partial charge in [0, 0.05) is 5.75 Å². The molecule has 1 amide bonds. The van der Waals surface area contributed by atoms with E-state index in [0.29, 0.717) is 6.61 Å². The maximum atomic E-state index is 10.1. The maximum Gasteiger partial charge on any atom is 0.404 e. The summed E-state index contributed by atoms with van der Waals surface area (Å²) >= 11 is 1.63. The third-order valence-electron chi connectivity index (χ3n) is 1.04. The van der Waals surface area contributed by atoms with E-state index in [2.05, 4.69) is 4.74 Å². The van der Waals surface area contributed by atoms with Crippen LogP contribution in [0.2, 0.25) is 0 Å². The standard InChI is InChI=1S/C7H15NO3S/c1-6(9)5-12-4-2-3-11-7(8)10/h6,9H,2-5H2,1H3,(H2,8,10). The number of rotatable bonds is 6. The van der Waals surface area contributed by atoms with Crippen LogP contribution in [0.25, 0.3) is 0 Å². The lowest BCUT2D eigenvalue weighted by Gasteiger charge is -2.03. The third kappa shape index (κ3) is 9.58. The van der Waals surface area contributed by atoms with Crippen molar-refractivity contribution in [2.24, 2.45) is 5.73 Å². The number of primary amides is 1. The molecule has 12 heavy (non-hydrogen) atoms. The van der Waals surface area contributed by atoms with Gasteiger partial charge in [-0.1, -0.05) is 0 Å². The zero-order valence-electron chi connectivity index (χ0n) is 7.16. The molecule has 0 spiro atoms. The van der Waals surface area contributed by atoms with E-state index in [1.807, 2.05) is 0 Å². The quantitative estimate of drug-likeness (QED) is 0.605. The molecule has 0 aliphatic rings. The molecule has 1 atom stereocenters. The number of nitrogens with two attached hydrogens (primary N) is 1. The first-order chi connectivity index (χ1) is 5.63. The Hall–Kier alpha value is -0.420. The van der Waals surface area contributed by atoms with Gasteiger partial charge in [-0.15, -0.1) is 0 Å². The van der Waals surface area contributed by atoms with E-state index in [1.54, 1.807) is 18.7 Å². The third-order valence-corrected chi connectivity index (χ3v) is 2.33. The molecule has 0 fully saturated rings. The van der Waals surface area contributed by atoms with Crippen molar-refractivity contribution in [1.29, 1.82) is 0 Å². The van der Waals surface area contributed by atoms with Crippen LogP contribution in [0.5, 0.6) is 0 Å². The van der Waals surface area contributed by atoms with Gasteiger partial charge in [-0.25, -0.2) is 4.79 Å². The summed E-state index contributed by atoms with van der Waals surface area (Å²) < 4.78 is 4.51. The van der Waals surface area contributed by atoms with Gasteiger partial charge in [0.2, 0.25) is 0 Å². The summed E-state index contributed by atoms with van der Waals surface area (Å²) in [4.78, 5) is 10.1. The molecule has 0 aromatic carbocycles. The normalized spacial score (nSPS) is 12.5. The van der Waals surface area contributed by atoms with Crippen molar-refractivity contribution < 1.29 is 14.6 Å². The maximum absolute atomic E-state index is 10.1. The topological polar surface area (TPSA) is 72.6 Å². The first-order valence-corrected chi connectivity index (χ1v) is 4.96. The molecule has 1 unspecified atom stereocenters. The van der Waals surface area contributed by atoms with E-state index in [-0.39, 0.29) is 6.10 Å². The minimum atomic E-state index is -0.726. The number of hydrogen-bond donors (Lipinski definition) is 2. The van der Waals surface area contributed by atoms with Crippen molar-refractivity contribution in [2.75, 3.05) is 18.1 Å². The zero-order chi connectivity index (χ0) is 9.40. The Labute approximate surface area is 76.5 Å². The smallest absolute Gasteiger partial charge is 0.404 e. The van der Waals surface area contributed by atoms with Crippen LogP contribution in [0.1, 0.15) is 13.3 Å². The molecule has 0 aromatic rings. The van der Waals surface area contributed by atoms with Gasteiger partial charge in [0.05, 0.1) is 12.7 Å². The van der Waals surface area contributed by atoms with Crippen molar-refractivity contribution in [1.82, 2.24) is 0 Å². The summed E-state index contributed by atoms with van der Waals surface area (Å²) in [5.41, 5.74) is 4.75. The highest BCUT2D eigenvalue weighted by molar-refractivity contribution is 7.99. The molecule has 72 valence electrons. The van der Waals surface area contributed by atoms with E-state index < -0.39 is 6.09 Å². The number of carbonyl (C=O) groups excluding carboxylic acids is 1. The first kappa shape index (κ1) is 11.6. The summed E-state index contributed by atoms with van der Waals surface area (Å²) in [5, 5.41) is 8.87. The van der Waals surface area contributed by atoms with E-state index in [1.165, 1.54) is 0 Å². The Balaban J connectivity index is 2.96. The minimum Gasteiger partial charge on any atom is -0.450 e. The predicted molar refractivity (Wildman–Crippen MR) is 49.2 cm³/mol. The monoisotopic (exact) mass is 193 g/mol. The second-order valence-corrected chi connectivity index (χ2v) is 3.59. The van der Waals surface area contributed by atoms with Gasteiger partial charge >= 0.3 is 6.09 Å². The van der Waals surface area contributed by atoms with Gasteiger partial charge in [0.1, 0.15) is 0 Å². The molecule has 0 aliphatic carbocycles. The first-order valence-electron chi connectivity index (χ1n) is 3.81. The Morgan fingerprint density at radius 1 is 1.75 bits per heavy atom. The second kappa shape index (κ2) is 7.24. The van der Waals surface area contributed by atoms with Crippen molar-refractivity contribution >= 4 is 17.9 Å². The van der Waals surface area contributed by atoms with Gasteiger partial charge in [-0.05, 0) is 19.1 Å². The Morgan fingerprint density at radius 3 is 2.92 bits per heavy atom. The van der Waals surface area contributed by atoms with Crippen molar-refractivity contribution in [3.8, 4) is 0 Å². The van der Waals surface area contributed by atoms with Crippen molar-refractivity contribution in [3.63, 3.8) is 0 Å². The van der Waals surface area contributed by atoms with Crippen LogP contribution in [0.15, 0.2) is 0 Å². The molecule has 5 heteroatoms. The molecule has 0 rings (SSSR count). The molecule has 0 aromatic heterocycles. The molecule has 3 N–H and O–H groups in total. The van der Waals surface area contributed by atoms with E-state index in [0.717, 1.165) is 17.9 Å². The highest BCUT2D eigenvalue weighted by atomic mass is 32.2. The lowest BCUT2D eigenvalue weighted by atomic mass is 10.5. The Bertz CT molecular complexity index is 130. The van der Waals surface area contributed by atoms with E-state index in [4.69, 9.17) is 10.8 Å². The lowest BCUT2D eigenvalue weighted by Crippen LogP contribution is -2.14. The van der Waals surface area contributed by atoms with Crippen molar-refractivity contribution in [2.45, 2.75) is 19.4 Å². The molecule has 0 bridgehead atoms.